The molecule has 0 saturated heterocycles. The molecule has 0 atom stereocenters. The minimum Gasteiger partial charge on any atom is -0.265 e. The highest BCUT2D eigenvalue weighted by Gasteiger charge is 2.22. The summed E-state index contributed by atoms with van der Waals surface area (Å²) in [5.74, 6) is 0.854. The van der Waals surface area contributed by atoms with Crippen molar-refractivity contribution in [2.45, 2.75) is 19.4 Å². The zero-order valence-electron chi connectivity index (χ0n) is 8.91. The lowest BCUT2D eigenvalue weighted by atomic mass is 10.3. The third kappa shape index (κ3) is 2.22. The van der Waals surface area contributed by atoms with E-state index in [4.69, 9.17) is 0 Å². The van der Waals surface area contributed by atoms with Crippen LogP contribution in [0.3, 0.4) is 0 Å². The van der Waals surface area contributed by atoms with Gasteiger partial charge in [0.2, 0.25) is 0 Å². The molecule has 0 unspecified atom stereocenters. The third-order valence-electron chi connectivity index (χ3n) is 2.73. The Labute approximate surface area is 98.4 Å². The molecule has 2 aromatic heterocycles. The number of nitrogens with zero attached hydrogens (tertiary/aromatic N) is 3. The summed E-state index contributed by atoms with van der Waals surface area (Å²) in [6.07, 6.45) is 10.5. The summed E-state index contributed by atoms with van der Waals surface area (Å²) in [5, 5.41) is 7.37. The predicted octanol–water partition coefficient (Wildman–Crippen LogP) is 2.92. The molecular weight excluding hydrogens is 218 g/mol. The molecule has 0 spiro atoms. The number of rotatable bonds is 4. The van der Waals surface area contributed by atoms with E-state index in [-0.39, 0.29) is 0 Å². The lowest BCUT2D eigenvalue weighted by Gasteiger charge is -2.01. The molecule has 82 valence electrons. The van der Waals surface area contributed by atoms with Crippen LogP contribution in [0.4, 0.5) is 0 Å². The van der Waals surface area contributed by atoms with Gasteiger partial charge in [-0.2, -0.15) is 5.10 Å². The van der Waals surface area contributed by atoms with Crippen LogP contribution in [-0.4, -0.2) is 14.8 Å². The Morgan fingerprint density at radius 3 is 3.06 bits per heavy atom. The van der Waals surface area contributed by atoms with Crippen LogP contribution >= 0.6 is 11.3 Å². The van der Waals surface area contributed by atoms with Gasteiger partial charge in [-0.3, -0.25) is 4.68 Å². The van der Waals surface area contributed by atoms with Crippen molar-refractivity contribution in [3.8, 4) is 0 Å². The summed E-state index contributed by atoms with van der Waals surface area (Å²) >= 11 is 1.65. The fourth-order valence-electron chi connectivity index (χ4n) is 1.66. The molecule has 2 aromatic rings. The average Bonchev–Trinajstić information content (AvgIpc) is 2.80. The summed E-state index contributed by atoms with van der Waals surface area (Å²) in [7, 11) is 0. The Morgan fingerprint density at radius 2 is 2.31 bits per heavy atom. The zero-order valence-corrected chi connectivity index (χ0v) is 9.73. The van der Waals surface area contributed by atoms with Crippen LogP contribution in [-0.2, 0) is 6.54 Å². The van der Waals surface area contributed by atoms with Crippen LogP contribution in [0, 0.1) is 5.92 Å². The highest BCUT2D eigenvalue weighted by Crippen LogP contribution is 2.30. The molecule has 1 aliphatic rings. The summed E-state index contributed by atoms with van der Waals surface area (Å²) < 4.78 is 2.09. The minimum atomic E-state index is 0.854. The van der Waals surface area contributed by atoms with E-state index in [2.05, 4.69) is 20.8 Å². The van der Waals surface area contributed by atoms with Crippen molar-refractivity contribution < 1.29 is 0 Å². The highest BCUT2D eigenvalue weighted by atomic mass is 32.1. The number of hydrogen-bond donors (Lipinski definition) is 0. The molecule has 0 radical (unpaired) electrons. The van der Waals surface area contributed by atoms with Gasteiger partial charge < -0.3 is 0 Å². The van der Waals surface area contributed by atoms with E-state index >= 15 is 0 Å². The fraction of sp³-hybridized carbons (Fsp3) is 0.333. The predicted molar refractivity (Wildman–Crippen MR) is 66.0 cm³/mol. The molecule has 0 aliphatic heterocycles. The third-order valence-corrected chi connectivity index (χ3v) is 3.47. The van der Waals surface area contributed by atoms with E-state index in [9.17, 15) is 0 Å². The molecule has 2 heterocycles. The van der Waals surface area contributed by atoms with Gasteiger partial charge in [0.1, 0.15) is 5.01 Å². The molecule has 0 aromatic carbocycles. The normalized spacial score (nSPS) is 16.0. The second-order valence-electron chi connectivity index (χ2n) is 4.09. The number of aromatic nitrogens is 3. The van der Waals surface area contributed by atoms with Crippen molar-refractivity contribution in [2.75, 3.05) is 0 Å². The first-order chi connectivity index (χ1) is 7.92. The average molecular weight is 231 g/mol. The van der Waals surface area contributed by atoms with E-state index < -0.39 is 0 Å². The maximum atomic E-state index is 4.34. The van der Waals surface area contributed by atoms with Crippen molar-refractivity contribution in [1.29, 1.82) is 0 Å². The highest BCUT2D eigenvalue weighted by molar-refractivity contribution is 7.10. The lowest BCUT2D eigenvalue weighted by molar-refractivity contribution is 0.559. The standard InChI is InChI=1S/C12H13N3S/c1-2-10(1)9-15-11(5-6-14-15)3-4-12-13-7-8-16-12/h3-8,10H,1-2,9H2/b4-3+. The minimum absolute atomic E-state index is 0.854. The fourth-order valence-corrected chi connectivity index (χ4v) is 2.18. The van der Waals surface area contributed by atoms with Gasteiger partial charge in [0.05, 0.1) is 5.69 Å². The van der Waals surface area contributed by atoms with Crippen molar-refractivity contribution in [3.63, 3.8) is 0 Å². The summed E-state index contributed by atoms with van der Waals surface area (Å²) in [6, 6.07) is 2.05. The van der Waals surface area contributed by atoms with Gasteiger partial charge >= 0.3 is 0 Å². The molecule has 1 aliphatic carbocycles. The molecule has 3 nitrogen and oxygen atoms in total. The monoisotopic (exact) mass is 231 g/mol. The maximum absolute atomic E-state index is 4.34. The summed E-state index contributed by atoms with van der Waals surface area (Å²) in [5.41, 5.74) is 1.17. The molecule has 16 heavy (non-hydrogen) atoms. The van der Waals surface area contributed by atoms with Crippen LogP contribution in [0.2, 0.25) is 0 Å². The van der Waals surface area contributed by atoms with E-state index in [0.29, 0.717) is 0 Å². The van der Waals surface area contributed by atoms with Crippen molar-refractivity contribution in [1.82, 2.24) is 14.8 Å². The Balaban J connectivity index is 1.75. The molecule has 0 N–H and O–H groups in total. The van der Waals surface area contributed by atoms with Crippen LogP contribution in [0.25, 0.3) is 12.2 Å². The number of hydrogen-bond acceptors (Lipinski definition) is 3. The Morgan fingerprint density at radius 1 is 1.38 bits per heavy atom. The zero-order chi connectivity index (χ0) is 10.8. The Hall–Kier alpha value is -1.42. The van der Waals surface area contributed by atoms with Crippen molar-refractivity contribution >= 4 is 23.5 Å². The van der Waals surface area contributed by atoms with E-state index in [0.717, 1.165) is 17.5 Å². The van der Waals surface area contributed by atoms with E-state index in [1.165, 1.54) is 18.5 Å². The van der Waals surface area contributed by atoms with Crippen molar-refractivity contribution in [2.24, 2.45) is 5.92 Å². The summed E-state index contributed by atoms with van der Waals surface area (Å²) in [6.45, 7) is 1.06. The molecular formula is C12H13N3S. The molecule has 4 heteroatoms. The maximum Gasteiger partial charge on any atom is 0.116 e. The molecule has 0 amide bonds. The molecule has 1 fully saturated rings. The first-order valence-electron chi connectivity index (χ1n) is 5.51. The largest absolute Gasteiger partial charge is 0.265 e. The first kappa shape index (κ1) is 9.78. The number of thiazole rings is 1. The van der Waals surface area contributed by atoms with Crippen LogP contribution < -0.4 is 0 Å². The first-order valence-corrected chi connectivity index (χ1v) is 6.39. The molecule has 3 rings (SSSR count). The van der Waals surface area contributed by atoms with Crippen LogP contribution in [0.15, 0.2) is 23.8 Å². The van der Waals surface area contributed by atoms with Gasteiger partial charge in [-0.05, 0) is 37.0 Å². The van der Waals surface area contributed by atoms with Gasteiger partial charge in [-0.15, -0.1) is 11.3 Å². The van der Waals surface area contributed by atoms with Crippen LogP contribution in [0.5, 0.6) is 0 Å². The Bertz CT molecular complexity index is 480. The molecule has 1 saturated carbocycles. The second kappa shape index (κ2) is 4.22. The lowest BCUT2D eigenvalue weighted by Crippen LogP contribution is -2.03. The topological polar surface area (TPSA) is 30.7 Å². The Kier molecular flexibility index (Phi) is 2.58. The van der Waals surface area contributed by atoms with Gasteiger partial charge in [-0.25, -0.2) is 4.98 Å². The quantitative estimate of drug-likeness (QED) is 0.810. The summed E-state index contributed by atoms with van der Waals surface area (Å²) in [4.78, 5) is 4.22. The smallest absolute Gasteiger partial charge is 0.116 e. The van der Waals surface area contributed by atoms with Gasteiger partial charge in [0.15, 0.2) is 0 Å². The molecule has 0 bridgehead atoms. The van der Waals surface area contributed by atoms with Crippen molar-refractivity contribution in [3.05, 3.63) is 34.5 Å². The SMILES string of the molecule is C(=C\c1ccnn1CC1CC1)/c1nccs1. The van der Waals surface area contributed by atoms with Gasteiger partial charge in [0, 0.05) is 24.3 Å². The van der Waals surface area contributed by atoms with Gasteiger partial charge in [0.25, 0.3) is 0 Å². The van der Waals surface area contributed by atoms with E-state index in [1.54, 1.807) is 11.3 Å². The second-order valence-corrected chi connectivity index (χ2v) is 5.01. The van der Waals surface area contributed by atoms with E-state index in [1.807, 2.05) is 29.9 Å². The van der Waals surface area contributed by atoms with Crippen LogP contribution in [0.1, 0.15) is 23.5 Å². The van der Waals surface area contributed by atoms with Gasteiger partial charge in [-0.1, -0.05) is 0 Å².